The van der Waals surface area contributed by atoms with Gasteiger partial charge in [-0.05, 0) is 42.1 Å². The summed E-state index contributed by atoms with van der Waals surface area (Å²) in [6, 6.07) is 14.1. The summed E-state index contributed by atoms with van der Waals surface area (Å²) in [7, 11) is 0. The van der Waals surface area contributed by atoms with Crippen LogP contribution in [-0.2, 0) is 0 Å². The van der Waals surface area contributed by atoms with Crippen molar-refractivity contribution < 1.29 is 9.59 Å². The topological polar surface area (TPSA) is 84.2 Å². The van der Waals surface area contributed by atoms with Crippen LogP contribution in [0, 0.1) is 6.92 Å². The molecule has 0 unspecified atom stereocenters. The molecular formula is C17H15N3O2S. The van der Waals surface area contributed by atoms with Crippen molar-refractivity contribution in [1.82, 2.24) is 0 Å². The van der Waals surface area contributed by atoms with Crippen LogP contribution < -0.4 is 16.4 Å². The maximum absolute atomic E-state index is 12.5. The molecule has 0 atom stereocenters. The predicted octanol–water partition coefficient (Wildman–Crippen LogP) is 3.95. The maximum atomic E-state index is 12.5. The highest BCUT2D eigenvalue weighted by molar-refractivity contribution is 7.21. The van der Waals surface area contributed by atoms with Gasteiger partial charge in [0, 0.05) is 16.1 Å². The van der Waals surface area contributed by atoms with Crippen molar-refractivity contribution in [3.8, 4) is 0 Å². The molecule has 1 heterocycles. The van der Waals surface area contributed by atoms with Crippen LogP contribution in [0.3, 0.4) is 0 Å². The first-order chi connectivity index (χ1) is 11.0. The molecule has 0 saturated carbocycles. The number of fused-ring (bicyclic) bond motifs is 1. The smallest absolute Gasteiger partial charge is 0.316 e. The Labute approximate surface area is 137 Å². The zero-order chi connectivity index (χ0) is 16.4. The van der Waals surface area contributed by atoms with E-state index in [1.54, 1.807) is 24.3 Å². The average molecular weight is 325 g/mol. The largest absolute Gasteiger partial charge is 0.351 e. The van der Waals surface area contributed by atoms with Crippen LogP contribution in [0.5, 0.6) is 0 Å². The fourth-order valence-electron chi connectivity index (χ4n) is 2.40. The van der Waals surface area contributed by atoms with Gasteiger partial charge in [0.25, 0.3) is 5.91 Å². The number of primary amides is 1. The van der Waals surface area contributed by atoms with Gasteiger partial charge in [0.2, 0.25) is 0 Å². The van der Waals surface area contributed by atoms with Crippen LogP contribution in [0.2, 0.25) is 0 Å². The Balaban J connectivity index is 1.86. The van der Waals surface area contributed by atoms with E-state index >= 15 is 0 Å². The molecule has 1 aromatic heterocycles. The number of hydrogen-bond donors (Lipinski definition) is 3. The predicted molar refractivity (Wildman–Crippen MR) is 94.2 cm³/mol. The van der Waals surface area contributed by atoms with E-state index in [0.29, 0.717) is 16.3 Å². The maximum Gasteiger partial charge on any atom is 0.316 e. The second-order valence-corrected chi connectivity index (χ2v) is 6.13. The molecule has 2 aromatic carbocycles. The van der Waals surface area contributed by atoms with Gasteiger partial charge in [-0.15, -0.1) is 11.3 Å². The summed E-state index contributed by atoms with van der Waals surface area (Å²) in [6.45, 7) is 1.94. The monoisotopic (exact) mass is 325 g/mol. The SMILES string of the molecule is Cc1c(C(=O)Nc2cccc(NC(N)=O)c2)sc2ccccc12. The summed E-state index contributed by atoms with van der Waals surface area (Å²) in [5, 5.41) is 6.42. The molecule has 116 valence electrons. The van der Waals surface area contributed by atoms with Crippen molar-refractivity contribution in [2.75, 3.05) is 10.6 Å². The van der Waals surface area contributed by atoms with E-state index in [9.17, 15) is 9.59 Å². The molecule has 0 aliphatic heterocycles. The summed E-state index contributed by atoms with van der Waals surface area (Å²) < 4.78 is 1.08. The number of benzene rings is 2. The molecule has 0 bridgehead atoms. The first kappa shape index (κ1) is 15.1. The Bertz CT molecular complexity index is 902. The van der Waals surface area contributed by atoms with Crippen LogP contribution in [0.1, 0.15) is 15.2 Å². The molecule has 0 radical (unpaired) electrons. The minimum absolute atomic E-state index is 0.167. The van der Waals surface area contributed by atoms with Crippen LogP contribution in [0.15, 0.2) is 48.5 Å². The first-order valence-electron chi connectivity index (χ1n) is 7.00. The van der Waals surface area contributed by atoms with Crippen molar-refractivity contribution >= 4 is 44.7 Å². The number of aryl methyl sites for hydroxylation is 1. The Morgan fingerprint density at radius 3 is 2.39 bits per heavy atom. The number of carbonyl (C=O) groups is 2. The van der Waals surface area contributed by atoms with Gasteiger partial charge in [0.15, 0.2) is 0 Å². The Hall–Kier alpha value is -2.86. The van der Waals surface area contributed by atoms with Gasteiger partial charge in [-0.2, -0.15) is 0 Å². The van der Waals surface area contributed by atoms with Gasteiger partial charge in [0.05, 0.1) is 4.88 Å². The van der Waals surface area contributed by atoms with Gasteiger partial charge < -0.3 is 16.4 Å². The van der Waals surface area contributed by atoms with Crippen molar-refractivity contribution in [1.29, 1.82) is 0 Å². The lowest BCUT2D eigenvalue weighted by atomic mass is 10.1. The highest BCUT2D eigenvalue weighted by Gasteiger charge is 2.15. The third-order valence-corrected chi connectivity index (χ3v) is 4.71. The summed E-state index contributed by atoms with van der Waals surface area (Å²) in [4.78, 5) is 24.1. The van der Waals surface area contributed by atoms with Gasteiger partial charge in [-0.1, -0.05) is 24.3 Å². The summed E-state index contributed by atoms with van der Waals surface area (Å²) in [5.41, 5.74) is 7.19. The molecule has 3 aromatic rings. The van der Waals surface area contributed by atoms with Gasteiger partial charge in [0.1, 0.15) is 0 Å². The van der Waals surface area contributed by atoms with Crippen molar-refractivity contribution in [2.24, 2.45) is 5.73 Å². The number of nitrogens with two attached hydrogens (primary N) is 1. The summed E-state index contributed by atoms with van der Waals surface area (Å²) in [6.07, 6.45) is 0. The second kappa shape index (κ2) is 6.10. The van der Waals surface area contributed by atoms with Crippen molar-refractivity contribution in [2.45, 2.75) is 6.92 Å². The van der Waals surface area contributed by atoms with E-state index in [2.05, 4.69) is 10.6 Å². The summed E-state index contributed by atoms with van der Waals surface area (Å²) in [5.74, 6) is -0.167. The minimum atomic E-state index is -0.645. The van der Waals surface area contributed by atoms with E-state index in [4.69, 9.17) is 5.73 Å². The minimum Gasteiger partial charge on any atom is -0.351 e. The summed E-state index contributed by atoms with van der Waals surface area (Å²) >= 11 is 1.46. The molecule has 5 nitrogen and oxygen atoms in total. The quantitative estimate of drug-likeness (QED) is 0.681. The second-order valence-electron chi connectivity index (χ2n) is 5.08. The zero-order valence-electron chi connectivity index (χ0n) is 12.4. The lowest BCUT2D eigenvalue weighted by Gasteiger charge is -2.07. The van der Waals surface area contributed by atoms with Crippen molar-refractivity contribution in [3.05, 3.63) is 59.0 Å². The van der Waals surface area contributed by atoms with Crippen LogP contribution in [0.4, 0.5) is 16.2 Å². The van der Waals surface area contributed by atoms with Gasteiger partial charge in [-0.25, -0.2) is 4.79 Å². The van der Waals surface area contributed by atoms with Crippen LogP contribution in [-0.4, -0.2) is 11.9 Å². The number of carbonyl (C=O) groups excluding carboxylic acids is 2. The van der Waals surface area contributed by atoms with E-state index in [1.165, 1.54) is 11.3 Å². The Kier molecular flexibility index (Phi) is 3.99. The first-order valence-corrected chi connectivity index (χ1v) is 7.82. The molecular weight excluding hydrogens is 310 g/mol. The number of urea groups is 1. The average Bonchev–Trinajstić information content (AvgIpc) is 2.85. The molecule has 0 saturated heterocycles. The van der Waals surface area contributed by atoms with Crippen LogP contribution >= 0.6 is 11.3 Å². The highest BCUT2D eigenvalue weighted by Crippen LogP contribution is 2.31. The molecule has 0 fully saturated rings. The van der Waals surface area contributed by atoms with Gasteiger partial charge >= 0.3 is 6.03 Å². The molecule has 0 aliphatic carbocycles. The number of anilines is 2. The normalized spacial score (nSPS) is 10.5. The zero-order valence-corrected chi connectivity index (χ0v) is 13.2. The van der Waals surface area contributed by atoms with E-state index in [-0.39, 0.29) is 5.91 Å². The van der Waals surface area contributed by atoms with Gasteiger partial charge in [-0.3, -0.25) is 4.79 Å². The third kappa shape index (κ3) is 3.17. The number of amides is 3. The standard InChI is InChI=1S/C17H15N3O2S/c1-10-13-7-2-3-8-14(13)23-15(10)16(21)19-11-5-4-6-12(9-11)20-17(18)22/h2-9H,1H3,(H,19,21)(H3,18,20,22). The number of thiophene rings is 1. The highest BCUT2D eigenvalue weighted by atomic mass is 32.1. The van der Waals surface area contributed by atoms with Crippen LogP contribution in [0.25, 0.3) is 10.1 Å². The van der Waals surface area contributed by atoms with E-state index in [1.807, 2.05) is 31.2 Å². The number of nitrogens with one attached hydrogen (secondary N) is 2. The lowest BCUT2D eigenvalue weighted by molar-refractivity contribution is 0.103. The van der Waals surface area contributed by atoms with E-state index in [0.717, 1.165) is 15.6 Å². The molecule has 4 N–H and O–H groups in total. The molecule has 3 amide bonds. The fourth-order valence-corrected chi connectivity index (χ4v) is 3.50. The molecule has 3 rings (SSSR count). The fraction of sp³-hybridized carbons (Fsp3) is 0.0588. The molecule has 0 aliphatic rings. The molecule has 23 heavy (non-hydrogen) atoms. The third-order valence-electron chi connectivity index (χ3n) is 3.44. The Morgan fingerprint density at radius 2 is 1.70 bits per heavy atom. The van der Waals surface area contributed by atoms with E-state index < -0.39 is 6.03 Å². The molecule has 6 heteroatoms. The molecule has 0 spiro atoms. The number of rotatable bonds is 3. The lowest BCUT2D eigenvalue weighted by Crippen LogP contribution is -2.19. The van der Waals surface area contributed by atoms with Crippen molar-refractivity contribution in [3.63, 3.8) is 0 Å². The Morgan fingerprint density at radius 1 is 1.00 bits per heavy atom. The number of hydrogen-bond acceptors (Lipinski definition) is 3.